The van der Waals surface area contributed by atoms with Gasteiger partial charge < -0.3 is 15.5 Å². The van der Waals surface area contributed by atoms with Crippen molar-refractivity contribution in [3.8, 4) is 0 Å². The first-order valence-electron chi connectivity index (χ1n) is 9.23. The van der Waals surface area contributed by atoms with Gasteiger partial charge in [-0.2, -0.15) is 0 Å². The molecule has 0 aromatic heterocycles. The van der Waals surface area contributed by atoms with Crippen LogP contribution < -0.4 is 10.6 Å². The van der Waals surface area contributed by atoms with Gasteiger partial charge in [-0.25, -0.2) is 4.79 Å². The van der Waals surface area contributed by atoms with Gasteiger partial charge in [-0.3, -0.25) is 4.79 Å². The number of carbonyl (C=O) groups is 2. The number of rotatable bonds is 6. The molecule has 2 aromatic rings. The van der Waals surface area contributed by atoms with Crippen LogP contribution in [0.5, 0.6) is 0 Å². The quantitative estimate of drug-likeness (QED) is 0.799. The summed E-state index contributed by atoms with van der Waals surface area (Å²) in [5, 5.41) is 5.78. The summed E-state index contributed by atoms with van der Waals surface area (Å²) in [5.74, 6) is -0.158. The molecule has 0 aliphatic heterocycles. The van der Waals surface area contributed by atoms with Gasteiger partial charge in [0.1, 0.15) is 0 Å². The van der Waals surface area contributed by atoms with E-state index in [-0.39, 0.29) is 17.5 Å². The fraction of sp³-hybridized carbons (Fsp3) is 0.364. The van der Waals surface area contributed by atoms with Crippen LogP contribution >= 0.6 is 0 Å². The van der Waals surface area contributed by atoms with E-state index in [4.69, 9.17) is 0 Å². The van der Waals surface area contributed by atoms with Crippen LogP contribution in [0.25, 0.3) is 0 Å². The Kier molecular flexibility index (Phi) is 6.99. The lowest BCUT2D eigenvalue weighted by atomic mass is 10.1. The first-order valence-corrected chi connectivity index (χ1v) is 9.23. The van der Waals surface area contributed by atoms with Gasteiger partial charge >= 0.3 is 6.03 Å². The minimum Gasteiger partial charge on any atom is -0.347 e. The zero-order chi connectivity index (χ0) is 19.9. The summed E-state index contributed by atoms with van der Waals surface area (Å²) in [4.78, 5) is 26.3. The molecule has 2 N–H and O–H groups in total. The first kappa shape index (κ1) is 20.5. The number of hydrogen-bond donors (Lipinski definition) is 2. The molecular weight excluding hydrogens is 338 g/mol. The van der Waals surface area contributed by atoms with Gasteiger partial charge in [0.05, 0.1) is 0 Å². The molecule has 144 valence electrons. The van der Waals surface area contributed by atoms with Gasteiger partial charge in [-0.05, 0) is 57.4 Å². The molecule has 27 heavy (non-hydrogen) atoms. The highest BCUT2D eigenvalue weighted by Crippen LogP contribution is 2.13. The molecule has 0 fully saturated rings. The van der Waals surface area contributed by atoms with Crippen LogP contribution in [0.2, 0.25) is 0 Å². The van der Waals surface area contributed by atoms with Gasteiger partial charge in [0.25, 0.3) is 5.91 Å². The summed E-state index contributed by atoms with van der Waals surface area (Å²) in [5.41, 5.74) is 2.09. The predicted octanol–water partition coefficient (Wildman–Crippen LogP) is 4.31. The number of carbonyl (C=O) groups excluding carboxylic acids is 2. The Morgan fingerprint density at radius 3 is 2.37 bits per heavy atom. The fourth-order valence-electron chi connectivity index (χ4n) is 2.64. The van der Waals surface area contributed by atoms with E-state index in [1.807, 2.05) is 39.0 Å². The Balaban J connectivity index is 1.87. The topological polar surface area (TPSA) is 61.4 Å². The van der Waals surface area contributed by atoms with Crippen molar-refractivity contribution in [1.82, 2.24) is 10.2 Å². The van der Waals surface area contributed by atoms with Crippen LogP contribution in [0.3, 0.4) is 0 Å². The summed E-state index contributed by atoms with van der Waals surface area (Å²) < 4.78 is 0. The SMILES string of the molecule is CN(CCCc1ccccc1)C(=O)Nc1cccc(C(=O)NC(C)(C)C)c1. The zero-order valence-electron chi connectivity index (χ0n) is 16.6. The Bertz CT molecular complexity index is 767. The van der Waals surface area contributed by atoms with E-state index >= 15 is 0 Å². The lowest BCUT2D eigenvalue weighted by Gasteiger charge is -2.21. The summed E-state index contributed by atoms with van der Waals surface area (Å²) in [6.45, 7) is 6.45. The second kappa shape index (κ2) is 9.21. The Hall–Kier alpha value is -2.82. The van der Waals surface area contributed by atoms with Crippen LogP contribution in [0.1, 0.15) is 43.1 Å². The number of amides is 3. The summed E-state index contributed by atoms with van der Waals surface area (Å²) in [6.07, 6.45) is 1.82. The van der Waals surface area contributed by atoms with Gasteiger partial charge in [-0.1, -0.05) is 36.4 Å². The molecule has 0 aliphatic rings. The Morgan fingerprint density at radius 2 is 1.70 bits per heavy atom. The molecule has 0 bridgehead atoms. The maximum Gasteiger partial charge on any atom is 0.321 e. The Morgan fingerprint density at radius 1 is 1.00 bits per heavy atom. The summed E-state index contributed by atoms with van der Waals surface area (Å²) >= 11 is 0. The van der Waals surface area contributed by atoms with E-state index in [2.05, 4.69) is 22.8 Å². The maximum absolute atomic E-state index is 12.4. The smallest absolute Gasteiger partial charge is 0.321 e. The molecule has 0 unspecified atom stereocenters. The zero-order valence-corrected chi connectivity index (χ0v) is 16.6. The van der Waals surface area contributed by atoms with Crippen molar-refractivity contribution in [3.63, 3.8) is 0 Å². The third kappa shape index (κ3) is 7.13. The normalized spacial score (nSPS) is 11.0. The number of anilines is 1. The van der Waals surface area contributed by atoms with E-state index in [1.54, 1.807) is 36.2 Å². The molecule has 0 aliphatic carbocycles. The largest absolute Gasteiger partial charge is 0.347 e. The van der Waals surface area contributed by atoms with Crippen molar-refractivity contribution in [3.05, 3.63) is 65.7 Å². The molecule has 2 rings (SSSR count). The van der Waals surface area contributed by atoms with Crippen LogP contribution in [0.15, 0.2) is 54.6 Å². The minimum atomic E-state index is -0.310. The van der Waals surface area contributed by atoms with Gasteiger partial charge in [0, 0.05) is 30.4 Å². The third-order valence-electron chi connectivity index (χ3n) is 4.01. The van der Waals surface area contributed by atoms with E-state index in [0.717, 1.165) is 12.8 Å². The molecule has 0 atom stereocenters. The van der Waals surface area contributed by atoms with Crippen molar-refractivity contribution in [2.75, 3.05) is 18.9 Å². The summed E-state index contributed by atoms with van der Waals surface area (Å²) in [7, 11) is 1.77. The molecule has 2 aromatic carbocycles. The minimum absolute atomic E-state index is 0.158. The van der Waals surface area contributed by atoms with Gasteiger partial charge in [0.15, 0.2) is 0 Å². The van der Waals surface area contributed by atoms with E-state index in [1.165, 1.54) is 5.56 Å². The predicted molar refractivity (Wildman–Crippen MR) is 110 cm³/mol. The van der Waals surface area contributed by atoms with Crippen molar-refractivity contribution < 1.29 is 9.59 Å². The number of aryl methyl sites for hydroxylation is 1. The number of nitrogens with zero attached hydrogens (tertiary/aromatic N) is 1. The van der Waals surface area contributed by atoms with Gasteiger partial charge in [-0.15, -0.1) is 0 Å². The molecule has 5 heteroatoms. The lowest BCUT2D eigenvalue weighted by molar-refractivity contribution is 0.0919. The highest BCUT2D eigenvalue weighted by atomic mass is 16.2. The number of urea groups is 1. The van der Waals surface area contributed by atoms with Crippen LogP contribution in [0, 0.1) is 0 Å². The van der Waals surface area contributed by atoms with Crippen LogP contribution in [-0.2, 0) is 6.42 Å². The molecule has 0 saturated carbocycles. The molecule has 3 amide bonds. The number of hydrogen-bond acceptors (Lipinski definition) is 2. The van der Waals surface area contributed by atoms with Crippen molar-refractivity contribution in [1.29, 1.82) is 0 Å². The number of benzene rings is 2. The third-order valence-corrected chi connectivity index (χ3v) is 4.01. The van der Waals surface area contributed by atoms with Crippen molar-refractivity contribution in [2.24, 2.45) is 0 Å². The Labute approximate surface area is 161 Å². The van der Waals surface area contributed by atoms with E-state index in [0.29, 0.717) is 17.8 Å². The highest BCUT2D eigenvalue weighted by Gasteiger charge is 2.16. The van der Waals surface area contributed by atoms with Crippen molar-refractivity contribution in [2.45, 2.75) is 39.2 Å². The van der Waals surface area contributed by atoms with Crippen molar-refractivity contribution >= 4 is 17.6 Å². The summed E-state index contributed by atoms with van der Waals surface area (Å²) in [6, 6.07) is 17.0. The standard InChI is InChI=1S/C22H29N3O2/c1-22(2,3)24-20(26)18-13-8-14-19(16-18)23-21(27)25(4)15-9-12-17-10-6-5-7-11-17/h5-8,10-11,13-14,16H,9,12,15H2,1-4H3,(H,23,27)(H,24,26). The number of nitrogens with one attached hydrogen (secondary N) is 2. The lowest BCUT2D eigenvalue weighted by Crippen LogP contribution is -2.40. The average molecular weight is 367 g/mol. The highest BCUT2D eigenvalue weighted by molar-refractivity contribution is 5.97. The average Bonchev–Trinajstić information content (AvgIpc) is 2.61. The molecule has 0 spiro atoms. The molecule has 0 radical (unpaired) electrons. The van der Waals surface area contributed by atoms with Crippen LogP contribution in [0.4, 0.5) is 10.5 Å². The molecule has 5 nitrogen and oxygen atoms in total. The van der Waals surface area contributed by atoms with Crippen LogP contribution in [-0.4, -0.2) is 36.0 Å². The molecule has 0 heterocycles. The van der Waals surface area contributed by atoms with Gasteiger partial charge in [0.2, 0.25) is 0 Å². The molecular formula is C22H29N3O2. The fourth-order valence-corrected chi connectivity index (χ4v) is 2.64. The monoisotopic (exact) mass is 367 g/mol. The van der Waals surface area contributed by atoms with E-state index < -0.39 is 0 Å². The molecule has 0 saturated heterocycles. The first-order chi connectivity index (χ1) is 12.7. The second-order valence-electron chi connectivity index (χ2n) is 7.73. The van der Waals surface area contributed by atoms with E-state index in [9.17, 15) is 9.59 Å². The second-order valence-corrected chi connectivity index (χ2v) is 7.73. The maximum atomic E-state index is 12.4.